The van der Waals surface area contributed by atoms with Crippen LogP contribution in [0.5, 0.6) is 5.75 Å². The molecule has 102 valence electrons. The van der Waals surface area contributed by atoms with Gasteiger partial charge in [-0.2, -0.15) is 0 Å². The molecule has 1 aliphatic rings. The van der Waals surface area contributed by atoms with E-state index in [1.54, 1.807) is 0 Å². The Labute approximate surface area is 109 Å². The number of ether oxygens (including phenoxy) is 1. The van der Waals surface area contributed by atoms with Gasteiger partial charge in [-0.15, -0.1) is 0 Å². The van der Waals surface area contributed by atoms with Crippen molar-refractivity contribution in [1.29, 1.82) is 0 Å². The lowest BCUT2D eigenvalue weighted by Gasteiger charge is -2.10. The van der Waals surface area contributed by atoms with E-state index in [1.807, 2.05) is 0 Å². The molecule has 0 spiro atoms. The van der Waals surface area contributed by atoms with Crippen molar-refractivity contribution in [3.63, 3.8) is 0 Å². The molecule has 2 rings (SSSR count). The Kier molecular flexibility index (Phi) is 4.09. The molecule has 0 atom stereocenters. The summed E-state index contributed by atoms with van der Waals surface area (Å²) in [6.07, 6.45) is 3.66. The van der Waals surface area contributed by atoms with Crippen LogP contribution in [0.25, 0.3) is 0 Å². The van der Waals surface area contributed by atoms with Crippen LogP contribution in [0, 0.1) is 21.8 Å². The standard InChI is InChI=1S/C13H14FNO4/c14-10-6-3-7-11(15(17)18)13(10)19-8-12(16)9-4-1-2-5-9/h3,6-7,9H,1-2,4-5,8H2. The van der Waals surface area contributed by atoms with Crippen LogP contribution in [0.4, 0.5) is 10.1 Å². The van der Waals surface area contributed by atoms with Crippen LogP contribution in [0.2, 0.25) is 0 Å². The normalized spacial score (nSPS) is 15.4. The Bertz CT molecular complexity index is 497. The van der Waals surface area contributed by atoms with Gasteiger partial charge in [-0.3, -0.25) is 14.9 Å². The van der Waals surface area contributed by atoms with Crippen LogP contribution >= 0.6 is 0 Å². The molecule has 1 fully saturated rings. The van der Waals surface area contributed by atoms with Crippen LogP contribution in [0.3, 0.4) is 0 Å². The van der Waals surface area contributed by atoms with Crippen molar-refractivity contribution in [1.82, 2.24) is 0 Å². The summed E-state index contributed by atoms with van der Waals surface area (Å²) in [5.74, 6) is -1.45. The summed E-state index contributed by atoms with van der Waals surface area (Å²) in [6, 6.07) is 3.46. The second-order valence-corrected chi connectivity index (χ2v) is 4.58. The molecule has 0 saturated heterocycles. The summed E-state index contributed by atoms with van der Waals surface area (Å²) < 4.78 is 18.5. The van der Waals surface area contributed by atoms with Crippen molar-refractivity contribution in [2.75, 3.05) is 6.61 Å². The average Bonchev–Trinajstić information content (AvgIpc) is 2.90. The summed E-state index contributed by atoms with van der Waals surface area (Å²) in [7, 11) is 0. The fourth-order valence-electron chi connectivity index (χ4n) is 2.29. The SMILES string of the molecule is O=C(COc1c(F)cccc1[N+](=O)[O-])C1CCCC1. The quantitative estimate of drug-likeness (QED) is 0.607. The van der Waals surface area contributed by atoms with Crippen molar-refractivity contribution in [3.8, 4) is 5.75 Å². The zero-order chi connectivity index (χ0) is 13.8. The van der Waals surface area contributed by atoms with E-state index in [9.17, 15) is 19.3 Å². The van der Waals surface area contributed by atoms with E-state index in [0.717, 1.165) is 37.8 Å². The van der Waals surface area contributed by atoms with E-state index < -0.39 is 22.2 Å². The molecule has 1 saturated carbocycles. The van der Waals surface area contributed by atoms with Gasteiger partial charge in [0, 0.05) is 12.0 Å². The van der Waals surface area contributed by atoms with Gasteiger partial charge in [0.05, 0.1) is 4.92 Å². The van der Waals surface area contributed by atoms with Crippen molar-refractivity contribution >= 4 is 11.5 Å². The van der Waals surface area contributed by atoms with Gasteiger partial charge >= 0.3 is 5.69 Å². The number of benzene rings is 1. The van der Waals surface area contributed by atoms with Crippen LogP contribution < -0.4 is 4.74 Å². The third-order valence-electron chi connectivity index (χ3n) is 3.31. The maximum atomic E-state index is 13.5. The van der Waals surface area contributed by atoms with Crippen molar-refractivity contribution < 1.29 is 18.8 Å². The van der Waals surface area contributed by atoms with Crippen molar-refractivity contribution in [3.05, 3.63) is 34.1 Å². The highest BCUT2D eigenvalue weighted by Crippen LogP contribution is 2.30. The molecule has 6 heteroatoms. The lowest BCUT2D eigenvalue weighted by molar-refractivity contribution is -0.386. The smallest absolute Gasteiger partial charge is 0.314 e. The Morgan fingerprint density at radius 1 is 1.42 bits per heavy atom. The summed E-state index contributed by atoms with van der Waals surface area (Å²) in [5, 5.41) is 10.7. The molecule has 0 bridgehead atoms. The number of rotatable bonds is 5. The topological polar surface area (TPSA) is 69.4 Å². The van der Waals surface area contributed by atoms with Crippen LogP contribution in [-0.2, 0) is 4.79 Å². The number of para-hydroxylation sites is 1. The van der Waals surface area contributed by atoms with E-state index in [2.05, 4.69) is 0 Å². The Balaban J connectivity index is 2.06. The fraction of sp³-hybridized carbons (Fsp3) is 0.462. The number of carbonyl (C=O) groups excluding carboxylic acids is 1. The number of carbonyl (C=O) groups is 1. The summed E-state index contributed by atoms with van der Waals surface area (Å²) in [5.41, 5.74) is -0.459. The number of nitro benzene ring substituents is 1. The zero-order valence-corrected chi connectivity index (χ0v) is 10.3. The van der Waals surface area contributed by atoms with E-state index in [0.29, 0.717) is 0 Å². The minimum absolute atomic E-state index is 0.0502. The van der Waals surface area contributed by atoms with Gasteiger partial charge < -0.3 is 4.74 Å². The first kappa shape index (κ1) is 13.5. The highest BCUT2D eigenvalue weighted by molar-refractivity contribution is 5.82. The molecule has 1 aromatic rings. The first-order chi connectivity index (χ1) is 9.09. The first-order valence-electron chi connectivity index (χ1n) is 6.18. The summed E-state index contributed by atoms with van der Waals surface area (Å²) in [6.45, 7) is -0.313. The number of hydrogen-bond acceptors (Lipinski definition) is 4. The molecule has 0 aliphatic heterocycles. The predicted octanol–water partition coefficient (Wildman–Crippen LogP) is 2.87. The molecule has 0 aromatic heterocycles. The Morgan fingerprint density at radius 3 is 2.74 bits per heavy atom. The molecule has 0 heterocycles. The van der Waals surface area contributed by atoms with E-state index in [-0.39, 0.29) is 18.3 Å². The Hall–Kier alpha value is -1.98. The molecular formula is C13H14FNO4. The van der Waals surface area contributed by atoms with Gasteiger partial charge in [-0.05, 0) is 18.9 Å². The van der Waals surface area contributed by atoms with Crippen molar-refractivity contribution in [2.45, 2.75) is 25.7 Å². The van der Waals surface area contributed by atoms with Crippen molar-refractivity contribution in [2.24, 2.45) is 5.92 Å². The lowest BCUT2D eigenvalue weighted by atomic mass is 10.0. The van der Waals surface area contributed by atoms with Gasteiger partial charge in [0.1, 0.15) is 6.61 Å². The molecule has 1 aromatic carbocycles. The van der Waals surface area contributed by atoms with Gasteiger partial charge in [-0.25, -0.2) is 4.39 Å². The minimum atomic E-state index is -0.826. The summed E-state index contributed by atoms with van der Waals surface area (Å²) >= 11 is 0. The molecule has 0 unspecified atom stereocenters. The first-order valence-corrected chi connectivity index (χ1v) is 6.18. The number of Topliss-reactive ketones (excluding diaryl/α,β-unsaturated/α-hetero) is 1. The molecule has 19 heavy (non-hydrogen) atoms. The maximum Gasteiger partial charge on any atom is 0.314 e. The van der Waals surface area contributed by atoms with E-state index in [1.165, 1.54) is 6.07 Å². The highest BCUT2D eigenvalue weighted by atomic mass is 19.1. The molecular weight excluding hydrogens is 253 g/mol. The average molecular weight is 267 g/mol. The highest BCUT2D eigenvalue weighted by Gasteiger charge is 2.25. The third kappa shape index (κ3) is 3.07. The minimum Gasteiger partial charge on any atom is -0.477 e. The van der Waals surface area contributed by atoms with E-state index >= 15 is 0 Å². The molecule has 0 N–H and O–H groups in total. The van der Waals surface area contributed by atoms with Gasteiger partial charge in [0.2, 0.25) is 5.75 Å². The van der Waals surface area contributed by atoms with E-state index in [4.69, 9.17) is 4.74 Å². The van der Waals surface area contributed by atoms with Crippen LogP contribution in [0.1, 0.15) is 25.7 Å². The van der Waals surface area contributed by atoms with Gasteiger partial charge in [0.15, 0.2) is 11.6 Å². The predicted molar refractivity (Wildman–Crippen MR) is 65.5 cm³/mol. The molecule has 0 radical (unpaired) electrons. The number of ketones is 1. The van der Waals surface area contributed by atoms with Crippen LogP contribution in [0.15, 0.2) is 18.2 Å². The van der Waals surface area contributed by atoms with Gasteiger partial charge in [-0.1, -0.05) is 18.9 Å². The summed E-state index contributed by atoms with van der Waals surface area (Å²) in [4.78, 5) is 21.8. The van der Waals surface area contributed by atoms with Gasteiger partial charge in [0.25, 0.3) is 0 Å². The zero-order valence-electron chi connectivity index (χ0n) is 10.3. The lowest BCUT2D eigenvalue weighted by Crippen LogP contribution is -2.19. The number of nitrogens with zero attached hydrogens (tertiary/aromatic N) is 1. The van der Waals surface area contributed by atoms with Crippen LogP contribution in [-0.4, -0.2) is 17.3 Å². The number of hydrogen-bond donors (Lipinski definition) is 0. The Morgan fingerprint density at radius 2 is 2.11 bits per heavy atom. The molecule has 5 nitrogen and oxygen atoms in total. The number of nitro groups is 1. The largest absolute Gasteiger partial charge is 0.477 e. The third-order valence-corrected chi connectivity index (χ3v) is 3.31. The second-order valence-electron chi connectivity index (χ2n) is 4.58. The number of halogens is 1. The monoisotopic (exact) mass is 267 g/mol. The fourth-order valence-corrected chi connectivity index (χ4v) is 2.29. The molecule has 0 amide bonds. The maximum absolute atomic E-state index is 13.5. The molecule has 1 aliphatic carbocycles. The second kappa shape index (κ2) is 5.77.